The van der Waals surface area contributed by atoms with Crippen molar-refractivity contribution in [1.82, 2.24) is 5.32 Å². The van der Waals surface area contributed by atoms with Gasteiger partial charge >= 0.3 is 0 Å². The summed E-state index contributed by atoms with van der Waals surface area (Å²) in [5.41, 5.74) is 8.81. The van der Waals surface area contributed by atoms with Gasteiger partial charge < -0.3 is 11.1 Å². The van der Waals surface area contributed by atoms with Gasteiger partial charge in [-0.1, -0.05) is 50.2 Å². The van der Waals surface area contributed by atoms with Gasteiger partial charge in [0.2, 0.25) is 10.0 Å². The van der Waals surface area contributed by atoms with Crippen LogP contribution in [0.3, 0.4) is 0 Å². The molecule has 2 rings (SSSR count). The molecular weight excluding hydrogens is 386 g/mol. The van der Waals surface area contributed by atoms with Gasteiger partial charge in [0.25, 0.3) is 5.91 Å². The van der Waals surface area contributed by atoms with Gasteiger partial charge in [0.05, 0.1) is 17.5 Å². The van der Waals surface area contributed by atoms with E-state index >= 15 is 0 Å². The van der Waals surface area contributed by atoms with Crippen LogP contribution in [0, 0.1) is 0 Å². The molecule has 27 heavy (non-hydrogen) atoms. The molecule has 1 atom stereocenters. The van der Waals surface area contributed by atoms with E-state index in [4.69, 9.17) is 5.73 Å². The lowest BCUT2D eigenvalue weighted by Gasteiger charge is -2.16. The van der Waals surface area contributed by atoms with Crippen molar-refractivity contribution >= 4 is 34.0 Å². The predicted octanol–water partition coefficient (Wildman–Crippen LogP) is 3.03. The minimum atomic E-state index is -3.47. The second-order valence-corrected chi connectivity index (χ2v) is 8.31. The van der Waals surface area contributed by atoms with E-state index in [9.17, 15) is 13.2 Å². The number of nitrogens with one attached hydrogen (secondary N) is 2. The predicted molar refractivity (Wildman–Crippen MR) is 112 cm³/mol. The zero-order valence-electron chi connectivity index (χ0n) is 15.6. The number of carbonyl (C=O) groups excluding carboxylic acids is 1. The Bertz CT molecular complexity index is 868. The fraction of sp³-hybridized carbons (Fsp3) is 0.316. The van der Waals surface area contributed by atoms with Gasteiger partial charge in [-0.2, -0.15) is 0 Å². The van der Waals surface area contributed by atoms with Crippen LogP contribution in [-0.2, 0) is 10.0 Å². The molecule has 0 radical (unpaired) electrons. The largest absolute Gasteiger partial charge is 0.350 e. The summed E-state index contributed by atoms with van der Waals surface area (Å²) >= 11 is 0. The van der Waals surface area contributed by atoms with Crippen LogP contribution >= 0.6 is 12.4 Å². The first-order valence-corrected chi connectivity index (χ1v) is 10.3. The molecule has 0 bridgehead atoms. The number of amides is 1. The Morgan fingerprint density at radius 2 is 1.59 bits per heavy atom. The van der Waals surface area contributed by atoms with Gasteiger partial charge in [-0.25, -0.2) is 8.42 Å². The third kappa shape index (κ3) is 6.86. The molecule has 0 aromatic heterocycles. The summed E-state index contributed by atoms with van der Waals surface area (Å²) in [7, 11) is -3.47. The van der Waals surface area contributed by atoms with Crippen molar-refractivity contribution in [2.45, 2.75) is 25.8 Å². The maximum absolute atomic E-state index is 12.4. The average Bonchev–Trinajstić information content (AvgIpc) is 2.58. The number of nitrogens with two attached hydrogens (primary N) is 1. The molecule has 0 spiro atoms. The second kappa shape index (κ2) is 9.73. The summed E-state index contributed by atoms with van der Waals surface area (Å²) in [5.74, 6) is 0.0600. The molecule has 1 amide bonds. The van der Waals surface area contributed by atoms with E-state index in [1.165, 1.54) is 5.56 Å². The highest BCUT2D eigenvalue weighted by Gasteiger charge is 2.15. The maximum Gasteiger partial charge on any atom is 0.253 e. The molecule has 8 heteroatoms. The number of hydrogen-bond acceptors (Lipinski definition) is 4. The number of anilines is 1. The molecule has 0 fully saturated rings. The van der Waals surface area contributed by atoms with Crippen molar-refractivity contribution in [3.63, 3.8) is 0 Å². The summed E-state index contributed by atoms with van der Waals surface area (Å²) in [6, 6.07) is 14.1. The number of rotatable bonds is 7. The average molecular weight is 412 g/mol. The Hall–Kier alpha value is -2.09. The Balaban J connectivity index is 0.00000364. The molecule has 2 aromatic rings. The summed E-state index contributed by atoms with van der Waals surface area (Å²) in [6.07, 6.45) is 1.04. The Kier molecular flexibility index (Phi) is 8.27. The lowest BCUT2D eigenvalue weighted by atomic mass is 9.99. The quantitative estimate of drug-likeness (QED) is 0.651. The lowest BCUT2D eigenvalue weighted by Crippen LogP contribution is -2.32. The van der Waals surface area contributed by atoms with Crippen LogP contribution in [-0.4, -0.2) is 27.1 Å². The minimum Gasteiger partial charge on any atom is -0.350 e. The zero-order valence-corrected chi connectivity index (χ0v) is 17.2. The summed E-state index contributed by atoms with van der Waals surface area (Å²) in [5, 5.41) is 2.76. The van der Waals surface area contributed by atoms with Crippen molar-refractivity contribution in [3.8, 4) is 0 Å². The Morgan fingerprint density at radius 1 is 1.04 bits per heavy atom. The number of halogens is 1. The Labute approximate surface area is 167 Å². The van der Waals surface area contributed by atoms with Crippen LogP contribution in [0.1, 0.15) is 47.3 Å². The van der Waals surface area contributed by atoms with E-state index < -0.39 is 10.0 Å². The van der Waals surface area contributed by atoms with Crippen LogP contribution in [0.25, 0.3) is 0 Å². The molecule has 2 aromatic carbocycles. The van der Waals surface area contributed by atoms with Crippen molar-refractivity contribution in [2.24, 2.45) is 5.73 Å². The number of hydrogen-bond donors (Lipinski definition) is 3. The highest BCUT2D eigenvalue weighted by atomic mass is 35.5. The molecule has 1 unspecified atom stereocenters. The molecule has 148 valence electrons. The molecule has 0 saturated heterocycles. The fourth-order valence-corrected chi connectivity index (χ4v) is 3.09. The lowest BCUT2D eigenvalue weighted by molar-refractivity contribution is 0.0952. The van der Waals surface area contributed by atoms with Crippen LogP contribution in [0.5, 0.6) is 0 Å². The van der Waals surface area contributed by atoms with Gasteiger partial charge in [0, 0.05) is 12.6 Å². The fourth-order valence-electron chi connectivity index (χ4n) is 2.51. The van der Waals surface area contributed by atoms with E-state index in [0.717, 1.165) is 11.8 Å². The van der Waals surface area contributed by atoms with Crippen molar-refractivity contribution in [1.29, 1.82) is 0 Å². The summed E-state index contributed by atoms with van der Waals surface area (Å²) in [6.45, 7) is 4.49. The van der Waals surface area contributed by atoms with E-state index in [2.05, 4.69) is 23.9 Å². The first kappa shape index (κ1) is 23.0. The standard InChI is InChI=1S/C19H25N3O3S.ClH/c1-13(2)14-8-10-15(11-9-14)17(20)12-21-19(23)16-6-4-5-7-18(16)22-26(3,24)25;/h4-11,13,17,22H,12,20H2,1-3H3,(H,21,23);1H. The minimum absolute atomic E-state index is 0. The van der Waals surface area contributed by atoms with Gasteiger partial charge in [-0.05, 0) is 29.2 Å². The highest BCUT2D eigenvalue weighted by Crippen LogP contribution is 2.19. The van der Waals surface area contributed by atoms with E-state index in [0.29, 0.717) is 5.92 Å². The van der Waals surface area contributed by atoms with Gasteiger partial charge in [-0.3, -0.25) is 9.52 Å². The molecule has 6 nitrogen and oxygen atoms in total. The SMILES string of the molecule is CC(C)c1ccc(C(N)CNC(=O)c2ccccc2NS(C)(=O)=O)cc1.Cl. The summed E-state index contributed by atoms with van der Waals surface area (Å²) < 4.78 is 25.2. The third-order valence-electron chi connectivity index (χ3n) is 3.98. The van der Waals surface area contributed by atoms with E-state index in [-0.39, 0.29) is 42.2 Å². The van der Waals surface area contributed by atoms with Crippen LogP contribution < -0.4 is 15.8 Å². The molecule has 4 N–H and O–H groups in total. The Morgan fingerprint density at radius 3 is 2.15 bits per heavy atom. The highest BCUT2D eigenvalue weighted by molar-refractivity contribution is 7.92. The molecule has 0 aliphatic rings. The van der Waals surface area contributed by atoms with Crippen molar-refractivity contribution < 1.29 is 13.2 Å². The van der Waals surface area contributed by atoms with Crippen LogP contribution in [0.4, 0.5) is 5.69 Å². The third-order valence-corrected chi connectivity index (χ3v) is 4.57. The summed E-state index contributed by atoms with van der Waals surface area (Å²) in [4.78, 5) is 12.4. The first-order chi connectivity index (χ1) is 12.2. The van der Waals surface area contributed by atoms with Crippen molar-refractivity contribution in [3.05, 3.63) is 65.2 Å². The number of benzene rings is 2. The van der Waals surface area contributed by atoms with Gasteiger partial charge in [0.15, 0.2) is 0 Å². The maximum atomic E-state index is 12.4. The second-order valence-electron chi connectivity index (χ2n) is 6.56. The number of sulfonamides is 1. The molecule has 0 aliphatic carbocycles. The normalized spacial score (nSPS) is 12.2. The zero-order chi connectivity index (χ0) is 19.3. The molecular formula is C19H26ClN3O3S. The molecule has 0 heterocycles. The van der Waals surface area contributed by atoms with Gasteiger partial charge in [-0.15, -0.1) is 12.4 Å². The topological polar surface area (TPSA) is 101 Å². The van der Waals surface area contributed by atoms with Crippen molar-refractivity contribution in [2.75, 3.05) is 17.5 Å². The monoisotopic (exact) mass is 411 g/mol. The molecule has 0 saturated carbocycles. The smallest absolute Gasteiger partial charge is 0.253 e. The number of para-hydroxylation sites is 1. The van der Waals surface area contributed by atoms with E-state index in [1.54, 1.807) is 24.3 Å². The molecule has 0 aliphatic heterocycles. The first-order valence-electron chi connectivity index (χ1n) is 8.38. The number of carbonyl (C=O) groups is 1. The van der Waals surface area contributed by atoms with Gasteiger partial charge in [0.1, 0.15) is 0 Å². The van der Waals surface area contributed by atoms with Crippen LogP contribution in [0.2, 0.25) is 0 Å². The van der Waals surface area contributed by atoms with E-state index in [1.807, 2.05) is 24.3 Å². The van der Waals surface area contributed by atoms with Crippen LogP contribution in [0.15, 0.2) is 48.5 Å².